The molecule has 0 heterocycles. The Bertz CT molecular complexity index is 460. The van der Waals surface area contributed by atoms with Crippen LogP contribution in [-0.4, -0.2) is 23.0 Å². The highest BCUT2D eigenvalue weighted by molar-refractivity contribution is 8.00. The van der Waals surface area contributed by atoms with Crippen LogP contribution in [0.3, 0.4) is 0 Å². The number of benzene rings is 1. The minimum atomic E-state index is -4.35. The van der Waals surface area contributed by atoms with Crippen molar-refractivity contribution in [3.05, 3.63) is 29.3 Å². The van der Waals surface area contributed by atoms with Gasteiger partial charge in [-0.1, -0.05) is 13.0 Å². The fourth-order valence-electron chi connectivity index (χ4n) is 1.86. The summed E-state index contributed by atoms with van der Waals surface area (Å²) in [7, 11) is 0. The van der Waals surface area contributed by atoms with Crippen LogP contribution in [0.25, 0.3) is 0 Å². The number of hydrogen-bond acceptors (Lipinski definition) is 3. The number of thioether (sulfide) groups is 1. The summed E-state index contributed by atoms with van der Waals surface area (Å²) < 4.78 is 39.3. The Hall–Kier alpha value is -0.720. The number of halogens is 3. The molecule has 1 atom stereocenters. The Balaban J connectivity index is 2.17. The summed E-state index contributed by atoms with van der Waals surface area (Å²) in [5, 5.41) is 12.0. The van der Waals surface area contributed by atoms with Crippen molar-refractivity contribution in [2.75, 3.05) is 6.61 Å². The van der Waals surface area contributed by atoms with Crippen molar-refractivity contribution in [2.24, 2.45) is 0 Å². The Morgan fingerprint density at radius 2 is 2.10 bits per heavy atom. The average molecular weight is 305 g/mol. The summed E-state index contributed by atoms with van der Waals surface area (Å²) in [5.74, 6) is 0. The third-order valence-corrected chi connectivity index (χ3v) is 4.22. The highest BCUT2D eigenvalue weighted by Crippen LogP contribution is 2.36. The third-order valence-electron chi connectivity index (χ3n) is 3.14. The zero-order valence-corrected chi connectivity index (χ0v) is 12.0. The van der Waals surface area contributed by atoms with E-state index in [2.05, 4.69) is 5.32 Å². The van der Waals surface area contributed by atoms with Crippen LogP contribution in [-0.2, 0) is 12.7 Å². The van der Waals surface area contributed by atoms with E-state index in [0.29, 0.717) is 10.9 Å². The first kappa shape index (κ1) is 15.7. The normalized spacial score (nSPS) is 17.2. The van der Waals surface area contributed by atoms with E-state index >= 15 is 0 Å². The summed E-state index contributed by atoms with van der Waals surface area (Å²) >= 11 is 1.25. The van der Waals surface area contributed by atoms with E-state index in [1.165, 1.54) is 23.9 Å². The Morgan fingerprint density at radius 1 is 1.40 bits per heavy atom. The number of alkyl halides is 3. The maximum Gasteiger partial charge on any atom is 0.416 e. The second-order valence-corrected chi connectivity index (χ2v) is 6.59. The smallest absolute Gasteiger partial charge is 0.395 e. The van der Waals surface area contributed by atoms with E-state index in [4.69, 9.17) is 5.11 Å². The summed E-state index contributed by atoms with van der Waals surface area (Å²) in [6.07, 6.45) is -2.26. The molecule has 1 fully saturated rings. The summed E-state index contributed by atoms with van der Waals surface area (Å²) in [6.45, 7) is 1.97. The molecular weight excluding hydrogens is 287 g/mol. The molecule has 0 bridgehead atoms. The van der Waals surface area contributed by atoms with Gasteiger partial charge in [-0.2, -0.15) is 13.2 Å². The van der Waals surface area contributed by atoms with Crippen molar-refractivity contribution in [1.29, 1.82) is 0 Å². The van der Waals surface area contributed by atoms with Crippen LogP contribution in [0.1, 0.15) is 30.9 Å². The molecule has 112 valence electrons. The van der Waals surface area contributed by atoms with Gasteiger partial charge in [0.05, 0.1) is 12.2 Å². The molecule has 0 amide bonds. The van der Waals surface area contributed by atoms with Gasteiger partial charge >= 0.3 is 6.18 Å². The molecular formula is C14H18F3NOS. The predicted octanol–water partition coefficient (Wildman–Crippen LogP) is 3.43. The minimum Gasteiger partial charge on any atom is -0.395 e. The standard InChI is InChI=1S/C14H18F3NOS/c1-9(8-19)20-12-5-2-10(7-18-11-3-4-11)13(6-12)14(15,16)17/h2,5-6,9,11,18-19H,3-4,7-8H2,1H3. The highest BCUT2D eigenvalue weighted by atomic mass is 32.2. The van der Waals surface area contributed by atoms with Gasteiger partial charge in [-0.25, -0.2) is 0 Å². The second kappa shape index (κ2) is 6.37. The average Bonchev–Trinajstić information content (AvgIpc) is 3.20. The van der Waals surface area contributed by atoms with Crippen LogP contribution in [0.15, 0.2) is 23.1 Å². The van der Waals surface area contributed by atoms with Crippen LogP contribution in [0.4, 0.5) is 13.2 Å². The van der Waals surface area contributed by atoms with Gasteiger partial charge in [0.25, 0.3) is 0 Å². The molecule has 0 aromatic heterocycles. The number of hydrogen-bond donors (Lipinski definition) is 2. The Kier molecular flexibility index (Phi) is 4.99. The van der Waals surface area contributed by atoms with E-state index in [-0.39, 0.29) is 24.0 Å². The fourth-order valence-corrected chi connectivity index (χ4v) is 2.73. The zero-order chi connectivity index (χ0) is 14.8. The van der Waals surface area contributed by atoms with E-state index in [1.807, 2.05) is 0 Å². The van der Waals surface area contributed by atoms with E-state index in [0.717, 1.165) is 12.8 Å². The van der Waals surface area contributed by atoms with Crippen LogP contribution >= 0.6 is 11.8 Å². The van der Waals surface area contributed by atoms with E-state index in [1.54, 1.807) is 13.0 Å². The number of nitrogens with one attached hydrogen (secondary N) is 1. The minimum absolute atomic E-state index is 0.0585. The molecule has 1 aliphatic rings. The topological polar surface area (TPSA) is 32.3 Å². The molecule has 0 radical (unpaired) electrons. The fraction of sp³-hybridized carbons (Fsp3) is 0.571. The van der Waals surface area contributed by atoms with E-state index < -0.39 is 11.7 Å². The van der Waals surface area contributed by atoms with Crippen molar-refractivity contribution >= 4 is 11.8 Å². The molecule has 2 N–H and O–H groups in total. The third kappa shape index (κ3) is 4.40. The molecule has 1 aliphatic carbocycles. The highest BCUT2D eigenvalue weighted by Gasteiger charge is 2.34. The van der Waals surface area contributed by atoms with Crippen molar-refractivity contribution in [3.63, 3.8) is 0 Å². The monoisotopic (exact) mass is 305 g/mol. The SMILES string of the molecule is CC(CO)Sc1ccc(CNC2CC2)c(C(F)(F)F)c1. The predicted molar refractivity (Wildman–Crippen MR) is 73.7 cm³/mol. The molecule has 2 nitrogen and oxygen atoms in total. The van der Waals surface area contributed by atoms with Gasteiger partial charge in [-0.3, -0.25) is 0 Å². The first-order valence-electron chi connectivity index (χ1n) is 6.61. The maximum absolute atomic E-state index is 13.1. The first-order valence-corrected chi connectivity index (χ1v) is 7.49. The summed E-state index contributed by atoms with van der Waals surface area (Å²) in [5.41, 5.74) is -0.300. The molecule has 6 heteroatoms. The maximum atomic E-state index is 13.1. The van der Waals surface area contributed by atoms with Gasteiger partial charge in [0.2, 0.25) is 0 Å². The molecule has 0 saturated heterocycles. The van der Waals surface area contributed by atoms with Crippen molar-refractivity contribution in [2.45, 2.75) is 48.7 Å². The lowest BCUT2D eigenvalue weighted by Crippen LogP contribution is -2.19. The molecule has 1 aromatic carbocycles. The molecule has 1 saturated carbocycles. The molecule has 2 rings (SSSR count). The van der Waals surface area contributed by atoms with Crippen LogP contribution in [0.2, 0.25) is 0 Å². The van der Waals surface area contributed by atoms with Gasteiger partial charge in [-0.05, 0) is 30.5 Å². The second-order valence-electron chi connectivity index (χ2n) is 5.08. The van der Waals surface area contributed by atoms with Crippen molar-refractivity contribution in [3.8, 4) is 0 Å². The van der Waals surface area contributed by atoms with Crippen LogP contribution in [0, 0.1) is 0 Å². The zero-order valence-electron chi connectivity index (χ0n) is 11.2. The van der Waals surface area contributed by atoms with Gasteiger partial charge in [0.1, 0.15) is 0 Å². The van der Waals surface area contributed by atoms with Gasteiger partial charge in [0, 0.05) is 22.7 Å². The molecule has 1 unspecified atom stereocenters. The largest absolute Gasteiger partial charge is 0.416 e. The van der Waals surface area contributed by atoms with Gasteiger partial charge in [0.15, 0.2) is 0 Å². The Morgan fingerprint density at radius 3 is 2.65 bits per heavy atom. The van der Waals surface area contributed by atoms with Crippen molar-refractivity contribution in [1.82, 2.24) is 5.32 Å². The van der Waals surface area contributed by atoms with Gasteiger partial charge < -0.3 is 10.4 Å². The summed E-state index contributed by atoms with van der Waals surface area (Å²) in [4.78, 5) is 0.536. The molecule has 0 aliphatic heterocycles. The van der Waals surface area contributed by atoms with Gasteiger partial charge in [-0.15, -0.1) is 11.8 Å². The number of aliphatic hydroxyl groups excluding tert-OH is 1. The van der Waals surface area contributed by atoms with Crippen LogP contribution in [0.5, 0.6) is 0 Å². The van der Waals surface area contributed by atoms with E-state index in [9.17, 15) is 13.2 Å². The van der Waals surface area contributed by atoms with Crippen LogP contribution < -0.4 is 5.32 Å². The number of rotatable bonds is 6. The van der Waals surface area contributed by atoms with Crippen molar-refractivity contribution < 1.29 is 18.3 Å². The molecule has 1 aromatic rings. The lowest BCUT2D eigenvalue weighted by molar-refractivity contribution is -0.138. The number of aliphatic hydroxyl groups is 1. The Labute approximate surface area is 120 Å². The quantitative estimate of drug-likeness (QED) is 0.790. The first-order chi connectivity index (χ1) is 9.40. The molecule has 20 heavy (non-hydrogen) atoms. The summed E-state index contributed by atoms with van der Waals surface area (Å²) in [6, 6.07) is 4.78. The lowest BCUT2D eigenvalue weighted by Gasteiger charge is -2.16. The lowest BCUT2D eigenvalue weighted by atomic mass is 10.1. The molecule has 0 spiro atoms.